The molecule has 0 aliphatic heterocycles. The molecular formula is C12H15F2NO2. The topological polar surface area (TPSA) is 38.3 Å². The molecule has 17 heavy (non-hydrogen) atoms. The zero-order valence-electron chi connectivity index (χ0n) is 9.80. The summed E-state index contributed by atoms with van der Waals surface area (Å²) in [5.41, 5.74) is 0.238. The number of ether oxygens (including phenoxy) is 1. The van der Waals surface area contributed by atoms with Gasteiger partial charge >= 0.3 is 5.97 Å². The molecule has 0 radical (unpaired) electrons. The van der Waals surface area contributed by atoms with Crippen LogP contribution in [0.25, 0.3) is 0 Å². The maximum absolute atomic E-state index is 13.3. The highest BCUT2D eigenvalue weighted by Gasteiger charge is 2.10. The van der Waals surface area contributed by atoms with Gasteiger partial charge in [0.15, 0.2) is 0 Å². The van der Waals surface area contributed by atoms with Crippen LogP contribution >= 0.6 is 0 Å². The Labute approximate surface area is 98.8 Å². The largest absolute Gasteiger partial charge is 0.469 e. The van der Waals surface area contributed by atoms with E-state index >= 15 is 0 Å². The average molecular weight is 243 g/mol. The van der Waals surface area contributed by atoms with Gasteiger partial charge in [-0.1, -0.05) is 0 Å². The fourth-order valence-electron chi connectivity index (χ4n) is 1.37. The highest BCUT2D eigenvalue weighted by molar-refractivity contribution is 5.69. The van der Waals surface area contributed by atoms with Crippen LogP contribution in [0.4, 0.5) is 8.78 Å². The van der Waals surface area contributed by atoms with Crippen molar-refractivity contribution in [1.29, 1.82) is 0 Å². The summed E-state index contributed by atoms with van der Waals surface area (Å²) < 4.78 is 30.6. The summed E-state index contributed by atoms with van der Waals surface area (Å²) in [7, 11) is 1.31. The second-order valence-electron chi connectivity index (χ2n) is 3.80. The highest BCUT2D eigenvalue weighted by Crippen LogP contribution is 2.09. The molecule has 0 saturated heterocycles. The van der Waals surface area contributed by atoms with Gasteiger partial charge in [0.05, 0.1) is 13.5 Å². The van der Waals surface area contributed by atoms with Crippen LogP contribution in [0.5, 0.6) is 0 Å². The molecule has 0 aromatic heterocycles. The van der Waals surface area contributed by atoms with Crippen molar-refractivity contribution in [3.8, 4) is 0 Å². The van der Waals surface area contributed by atoms with Crippen molar-refractivity contribution in [3.63, 3.8) is 0 Å². The first-order valence-electron chi connectivity index (χ1n) is 5.27. The molecule has 1 rings (SSSR count). The quantitative estimate of drug-likeness (QED) is 0.804. The minimum atomic E-state index is -0.483. The van der Waals surface area contributed by atoms with Crippen molar-refractivity contribution in [2.24, 2.45) is 0 Å². The predicted molar refractivity (Wildman–Crippen MR) is 59.3 cm³/mol. The van der Waals surface area contributed by atoms with Gasteiger partial charge in [-0.25, -0.2) is 8.78 Å². The van der Waals surface area contributed by atoms with Gasteiger partial charge in [0.2, 0.25) is 0 Å². The van der Waals surface area contributed by atoms with Crippen LogP contribution in [0.3, 0.4) is 0 Å². The van der Waals surface area contributed by atoms with Gasteiger partial charge in [0.1, 0.15) is 11.6 Å². The van der Waals surface area contributed by atoms with Gasteiger partial charge in [-0.05, 0) is 25.1 Å². The van der Waals surface area contributed by atoms with Gasteiger partial charge in [-0.2, -0.15) is 0 Å². The fraction of sp³-hybridized carbons (Fsp3) is 0.417. The smallest absolute Gasteiger partial charge is 0.307 e. The highest BCUT2D eigenvalue weighted by atomic mass is 19.1. The summed E-state index contributed by atoms with van der Waals surface area (Å²) in [6, 6.07) is 3.12. The van der Waals surface area contributed by atoms with Crippen molar-refractivity contribution in [2.45, 2.75) is 25.9 Å². The number of hydrogen-bond donors (Lipinski definition) is 1. The Bertz CT molecular complexity index is 396. The lowest BCUT2D eigenvalue weighted by Crippen LogP contribution is -2.28. The summed E-state index contributed by atoms with van der Waals surface area (Å²) in [6.45, 7) is 1.94. The molecule has 1 aromatic carbocycles. The molecule has 0 fully saturated rings. The molecule has 1 atom stereocenters. The average Bonchev–Trinajstić information content (AvgIpc) is 2.30. The van der Waals surface area contributed by atoms with Crippen LogP contribution < -0.4 is 5.32 Å². The lowest BCUT2D eigenvalue weighted by molar-refractivity contribution is -0.141. The van der Waals surface area contributed by atoms with Crippen molar-refractivity contribution in [2.75, 3.05) is 7.11 Å². The Morgan fingerprint density at radius 3 is 2.82 bits per heavy atom. The number of methoxy groups -OCH3 is 1. The van der Waals surface area contributed by atoms with Crippen LogP contribution in [0.1, 0.15) is 18.9 Å². The first-order valence-corrected chi connectivity index (χ1v) is 5.27. The molecule has 0 aliphatic rings. The molecule has 0 bridgehead atoms. The SMILES string of the molecule is COC(=O)CC(C)NCc1cc(F)ccc1F. The van der Waals surface area contributed by atoms with E-state index in [0.29, 0.717) is 0 Å². The third kappa shape index (κ3) is 4.48. The third-order valence-corrected chi connectivity index (χ3v) is 2.35. The van der Waals surface area contributed by atoms with E-state index in [9.17, 15) is 13.6 Å². The van der Waals surface area contributed by atoms with E-state index in [4.69, 9.17) is 0 Å². The van der Waals surface area contributed by atoms with E-state index in [0.717, 1.165) is 18.2 Å². The van der Waals surface area contributed by atoms with E-state index in [-0.39, 0.29) is 30.5 Å². The minimum Gasteiger partial charge on any atom is -0.469 e. The van der Waals surface area contributed by atoms with E-state index in [2.05, 4.69) is 10.1 Å². The van der Waals surface area contributed by atoms with Crippen LogP contribution in [0.2, 0.25) is 0 Å². The van der Waals surface area contributed by atoms with E-state index in [1.807, 2.05) is 0 Å². The normalized spacial score (nSPS) is 12.2. The zero-order valence-corrected chi connectivity index (χ0v) is 9.80. The Morgan fingerprint density at radius 1 is 1.47 bits per heavy atom. The van der Waals surface area contributed by atoms with Crippen molar-refractivity contribution >= 4 is 5.97 Å². The molecular weight excluding hydrogens is 228 g/mol. The summed E-state index contributed by atoms with van der Waals surface area (Å²) >= 11 is 0. The first kappa shape index (κ1) is 13.6. The molecule has 5 heteroatoms. The van der Waals surface area contributed by atoms with E-state index < -0.39 is 11.6 Å². The number of rotatable bonds is 5. The maximum Gasteiger partial charge on any atom is 0.307 e. The number of hydrogen-bond acceptors (Lipinski definition) is 3. The van der Waals surface area contributed by atoms with Gasteiger partial charge in [-0.3, -0.25) is 4.79 Å². The third-order valence-electron chi connectivity index (χ3n) is 2.35. The molecule has 0 aliphatic carbocycles. The number of carbonyl (C=O) groups is 1. The Kier molecular flexibility index (Phi) is 5.03. The molecule has 1 N–H and O–H groups in total. The van der Waals surface area contributed by atoms with E-state index in [1.54, 1.807) is 6.92 Å². The van der Waals surface area contributed by atoms with Crippen LogP contribution in [0, 0.1) is 11.6 Å². The Morgan fingerprint density at radius 2 is 2.18 bits per heavy atom. The molecule has 3 nitrogen and oxygen atoms in total. The number of benzene rings is 1. The van der Waals surface area contributed by atoms with Crippen LogP contribution in [0.15, 0.2) is 18.2 Å². The van der Waals surface area contributed by atoms with Crippen LogP contribution in [-0.4, -0.2) is 19.1 Å². The second-order valence-corrected chi connectivity index (χ2v) is 3.80. The molecule has 0 spiro atoms. The molecule has 1 aromatic rings. The monoisotopic (exact) mass is 243 g/mol. The number of esters is 1. The Balaban J connectivity index is 2.49. The van der Waals surface area contributed by atoms with Gasteiger partial charge in [-0.15, -0.1) is 0 Å². The van der Waals surface area contributed by atoms with E-state index in [1.165, 1.54) is 7.11 Å². The summed E-state index contributed by atoms with van der Waals surface area (Å²) in [5.74, 6) is -1.29. The molecule has 94 valence electrons. The summed E-state index contributed by atoms with van der Waals surface area (Å²) in [6.07, 6.45) is 0.188. The number of nitrogens with one attached hydrogen (secondary N) is 1. The number of carbonyl (C=O) groups excluding carboxylic acids is 1. The minimum absolute atomic E-state index is 0.162. The van der Waals surface area contributed by atoms with Crippen molar-refractivity contribution in [1.82, 2.24) is 5.32 Å². The van der Waals surface area contributed by atoms with Gasteiger partial charge in [0, 0.05) is 18.2 Å². The van der Waals surface area contributed by atoms with Crippen molar-refractivity contribution < 1.29 is 18.3 Å². The summed E-state index contributed by atoms with van der Waals surface area (Å²) in [4.78, 5) is 11.0. The van der Waals surface area contributed by atoms with Gasteiger partial charge < -0.3 is 10.1 Å². The fourth-order valence-corrected chi connectivity index (χ4v) is 1.37. The van der Waals surface area contributed by atoms with Crippen LogP contribution in [-0.2, 0) is 16.1 Å². The van der Waals surface area contributed by atoms with Gasteiger partial charge in [0.25, 0.3) is 0 Å². The molecule has 1 unspecified atom stereocenters. The Hall–Kier alpha value is -1.49. The molecule has 0 heterocycles. The lowest BCUT2D eigenvalue weighted by atomic mass is 10.1. The predicted octanol–water partition coefficient (Wildman–Crippen LogP) is 2.01. The zero-order chi connectivity index (χ0) is 12.8. The molecule has 0 saturated carbocycles. The maximum atomic E-state index is 13.3. The second kappa shape index (κ2) is 6.30. The van der Waals surface area contributed by atoms with Crippen molar-refractivity contribution in [3.05, 3.63) is 35.4 Å². The number of halogens is 2. The summed E-state index contributed by atoms with van der Waals surface area (Å²) in [5, 5.41) is 2.92. The standard InChI is InChI=1S/C12H15F2NO2/c1-8(5-12(16)17-2)15-7-9-6-10(13)3-4-11(9)14/h3-4,6,8,15H,5,7H2,1-2H3. The first-order chi connectivity index (χ1) is 8.02. The lowest BCUT2D eigenvalue weighted by Gasteiger charge is -2.12. The molecule has 0 amide bonds.